The summed E-state index contributed by atoms with van der Waals surface area (Å²) in [5, 5.41) is 0. The molecular formula is C21H26N2O2. The molecule has 1 amide bonds. The lowest BCUT2D eigenvalue weighted by Crippen LogP contribution is -2.49. The Balaban J connectivity index is 1.46. The summed E-state index contributed by atoms with van der Waals surface area (Å²) in [5.41, 5.74) is 3.83. The summed E-state index contributed by atoms with van der Waals surface area (Å²) in [7, 11) is 0. The molecule has 132 valence electrons. The van der Waals surface area contributed by atoms with E-state index in [2.05, 4.69) is 36.9 Å². The molecule has 3 rings (SSSR count). The molecule has 0 atom stereocenters. The highest BCUT2D eigenvalue weighted by Crippen LogP contribution is 2.20. The van der Waals surface area contributed by atoms with Crippen LogP contribution in [0.3, 0.4) is 0 Å². The van der Waals surface area contributed by atoms with Gasteiger partial charge in [-0.3, -0.25) is 4.79 Å². The first-order chi connectivity index (χ1) is 12.1. The van der Waals surface area contributed by atoms with E-state index in [9.17, 15) is 4.79 Å². The van der Waals surface area contributed by atoms with Gasteiger partial charge in [-0.25, -0.2) is 0 Å². The number of aryl methyl sites for hydroxylation is 2. The number of carbonyl (C=O) groups is 1. The number of benzene rings is 2. The van der Waals surface area contributed by atoms with E-state index in [1.165, 1.54) is 16.8 Å². The van der Waals surface area contributed by atoms with Crippen LogP contribution in [0.25, 0.3) is 0 Å². The van der Waals surface area contributed by atoms with Gasteiger partial charge in [-0.05, 0) is 49.2 Å². The van der Waals surface area contributed by atoms with Gasteiger partial charge in [-0.1, -0.05) is 24.3 Å². The van der Waals surface area contributed by atoms with Gasteiger partial charge in [0.1, 0.15) is 5.75 Å². The number of ether oxygens (including phenoxy) is 1. The quantitative estimate of drug-likeness (QED) is 0.837. The third-order valence-electron chi connectivity index (χ3n) is 4.53. The van der Waals surface area contributed by atoms with Crippen molar-refractivity contribution in [2.24, 2.45) is 0 Å². The Morgan fingerprint density at radius 3 is 2.24 bits per heavy atom. The van der Waals surface area contributed by atoms with Crippen molar-refractivity contribution in [3.05, 3.63) is 59.7 Å². The van der Waals surface area contributed by atoms with Crippen molar-refractivity contribution in [3.8, 4) is 5.75 Å². The van der Waals surface area contributed by atoms with Gasteiger partial charge >= 0.3 is 0 Å². The van der Waals surface area contributed by atoms with Gasteiger partial charge in [0, 0.05) is 31.9 Å². The lowest BCUT2D eigenvalue weighted by Gasteiger charge is -2.36. The number of piperazine rings is 1. The van der Waals surface area contributed by atoms with Gasteiger partial charge < -0.3 is 14.5 Å². The van der Waals surface area contributed by atoms with Crippen LogP contribution in [0.2, 0.25) is 0 Å². The first-order valence-corrected chi connectivity index (χ1v) is 8.91. The summed E-state index contributed by atoms with van der Waals surface area (Å²) in [4.78, 5) is 16.7. The van der Waals surface area contributed by atoms with E-state index in [0.29, 0.717) is 13.0 Å². The summed E-state index contributed by atoms with van der Waals surface area (Å²) >= 11 is 0. The van der Waals surface area contributed by atoms with Gasteiger partial charge in [0.25, 0.3) is 0 Å². The fourth-order valence-electron chi connectivity index (χ4n) is 3.28. The molecule has 4 heteroatoms. The van der Waals surface area contributed by atoms with E-state index in [4.69, 9.17) is 4.74 Å². The van der Waals surface area contributed by atoms with Gasteiger partial charge in [-0.15, -0.1) is 0 Å². The lowest BCUT2D eigenvalue weighted by molar-refractivity contribution is -0.132. The molecule has 4 nitrogen and oxygen atoms in total. The van der Waals surface area contributed by atoms with Gasteiger partial charge in [0.05, 0.1) is 13.0 Å². The monoisotopic (exact) mass is 338 g/mol. The van der Waals surface area contributed by atoms with Crippen molar-refractivity contribution in [3.63, 3.8) is 0 Å². The standard InChI is InChI=1S/C21H26N2O2/c1-17-14-18(2)16-19(15-17)22-9-11-23(12-10-22)21(24)8-13-25-20-6-4-3-5-7-20/h3-7,14-16H,8-13H2,1-2H3. The molecule has 0 unspecified atom stereocenters. The van der Waals surface area contributed by atoms with Gasteiger partial charge in [-0.2, -0.15) is 0 Å². The van der Waals surface area contributed by atoms with E-state index < -0.39 is 0 Å². The molecule has 0 N–H and O–H groups in total. The Morgan fingerprint density at radius 2 is 1.60 bits per heavy atom. The second-order valence-corrected chi connectivity index (χ2v) is 6.63. The summed E-state index contributed by atoms with van der Waals surface area (Å²) in [6, 6.07) is 16.3. The summed E-state index contributed by atoms with van der Waals surface area (Å²) in [6.07, 6.45) is 0.429. The molecule has 2 aromatic carbocycles. The van der Waals surface area contributed by atoms with E-state index in [1.54, 1.807) is 0 Å². The normalized spacial score (nSPS) is 14.5. The predicted octanol–water partition coefficient (Wildman–Crippen LogP) is 3.42. The van der Waals surface area contributed by atoms with Crippen LogP contribution in [0.4, 0.5) is 5.69 Å². The molecule has 0 bridgehead atoms. The van der Waals surface area contributed by atoms with Crippen LogP contribution < -0.4 is 9.64 Å². The molecule has 1 saturated heterocycles. The largest absolute Gasteiger partial charge is 0.493 e. The number of amides is 1. The molecule has 25 heavy (non-hydrogen) atoms. The van der Waals surface area contributed by atoms with E-state index in [-0.39, 0.29) is 5.91 Å². The highest BCUT2D eigenvalue weighted by molar-refractivity contribution is 5.76. The second-order valence-electron chi connectivity index (χ2n) is 6.63. The van der Waals surface area contributed by atoms with Crippen LogP contribution in [0.5, 0.6) is 5.75 Å². The minimum Gasteiger partial charge on any atom is -0.493 e. The molecule has 0 saturated carbocycles. The van der Waals surface area contributed by atoms with Crippen LogP contribution in [-0.2, 0) is 4.79 Å². The van der Waals surface area contributed by atoms with E-state index in [0.717, 1.165) is 31.9 Å². The molecule has 0 aromatic heterocycles. The van der Waals surface area contributed by atoms with Crippen LogP contribution in [0.1, 0.15) is 17.5 Å². The number of nitrogens with zero attached hydrogens (tertiary/aromatic N) is 2. The van der Waals surface area contributed by atoms with Crippen molar-refractivity contribution in [1.82, 2.24) is 4.90 Å². The van der Waals surface area contributed by atoms with Gasteiger partial charge in [0.15, 0.2) is 0 Å². The Hall–Kier alpha value is -2.49. The average molecular weight is 338 g/mol. The van der Waals surface area contributed by atoms with E-state index in [1.807, 2.05) is 35.2 Å². The zero-order chi connectivity index (χ0) is 17.6. The van der Waals surface area contributed by atoms with Crippen LogP contribution >= 0.6 is 0 Å². The maximum absolute atomic E-state index is 12.4. The summed E-state index contributed by atoms with van der Waals surface area (Å²) in [5.74, 6) is 0.992. The number of rotatable bonds is 5. The Labute approximate surface area is 150 Å². The molecule has 0 radical (unpaired) electrons. The molecule has 1 fully saturated rings. The van der Waals surface area contributed by atoms with Crippen LogP contribution in [-0.4, -0.2) is 43.6 Å². The SMILES string of the molecule is Cc1cc(C)cc(N2CCN(C(=O)CCOc3ccccc3)CC2)c1. The number of carbonyl (C=O) groups excluding carboxylic acids is 1. The van der Waals surface area contributed by atoms with Crippen LogP contribution in [0.15, 0.2) is 48.5 Å². The maximum Gasteiger partial charge on any atom is 0.226 e. The minimum absolute atomic E-state index is 0.177. The predicted molar refractivity (Wildman–Crippen MR) is 101 cm³/mol. The number of hydrogen-bond donors (Lipinski definition) is 0. The Bertz CT molecular complexity index is 687. The first-order valence-electron chi connectivity index (χ1n) is 8.91. The van der Waals surface area contributed by atoms with Crippen molar-refractivity contribution < 1.29 is 9.53 Å². The first kappa shape index (κ1) is 17.3. The number of anilines is 1. The lowest BCUT2D eigenvalue weighted by atomic mass is 10.1. The van der Waals surface area contributed by atoms with Crippen molar-refractivity contribution in [2.45, 2.75) is 20.3 Å². The van der Waals surface area contributed by atoms with Gasteiger partial charge in [0.2, 0.25) is 5.91 Å². The van der Waals surface area contributed by atoms with Crippen LogP contribution in [0, 0.1) is 13.8 Å². The highest BCUT2D eigenvalue weighted by atomic mass is 16.5. The third-order valence-corrected chi connectivity index (χ3v) is 4.53. The Kier molecular flexibility index (Phi) is 5.59. The van der Waals surface area contributed by atoms with E-state index >= 15 is 0 Å². The van der Waals surface area contributed by atoms with Crippen molar-refractivity contribution in [2.75, 3.05) is 37.7 Å². The molecule has 1 aliphatic heterocycles. The minimum atomic E-state index is 0.177. The number of para-hydroxylation sites is 1. The molecule has 0 aliphatic carbocycles. The van der Waals surface area contributed by atoms with Crippen molar-refractivity contribution in [1.29, 1.82) is 0 Å². The molecule has 1 heterocycles. The topological polar surface area (TPSA) is 32.8 Å². The molecule has 1 aliphatic rings. The fourth-order valence-corrected chi connectivity index (χ4v) is 3.28. The zero-order valence-electron chi connectivity index (χ0n) is 15.1. The zero-order valence-corrected chi connectivity index (χ0v) is 15.1. The van der Waals surface area contributed by atoms with Crippen molar-refractivity contribution >= 4 is 11.6 Å². The smallest absolute Gasteiger partial charge is 0.226 e. The third kappa shape index (κ3) is 4.75. The average Bonchev–Trinajstić information content (AvgIpc) is 2.62. The number of hydrogen-bond acceptors (Lipinski definition) is 3. The highest BCUT2D eigenvalue weighted by Gasteiger charge is 2.21. The molecular weight excluding hydrogens is 312 g/mol. The summed E-state index contributed by atoms with van der Waals surface area (Å²) in [6.45, 7) is 8.00. The molecule has 2 aromatic rings. The maximum atomic E-state index is 12.4. The fraction of sp³-hybridized carbons (Fsp3) is 0.381. The second kappa shape index (κ2) is 8.06. The summed E-state index contributed by atoms with van der Waals surface area (Å²) < 4.78 is 5.63. The molecule has 0 spiro atoms. The Morgan fingerprint density at radius 1 is 0.960 bits per heavy atom.